The Labute approximate surface area is 196 Å². The van der Waals surface area contributed by atoms with Crippen LogP contribution in [0, 0.1) is 16.0 Å². The molecule has 180 valence electrons. The third-order valence-corrected chi connectivity index (χ3v) is 9.33. The zero-order valence-corrected chi connectivity index (χ0v) is 19.5. The average Bonchev–Trinajstić information content (AvgIpc) is 3.67. The zero-order valence-electron chi connectivity index (χ0n) is 18.6. The largest absolute Gasteiger partial charge is 0.508 e. The number of phenolic OH excluding ortho intramolecular Hbond substituents is 1. The molecule has 1 saturated carbocycles. The van der Waals surface area contributed by atoms with E-state index in [1.807, 2.05) is 9.34 Å². The standard InChI is InChI=1S/C23H26N3O7P/c27-16-11-17(31-14-15-1-2-15)13-18(12-16)32-23-20-4-6-22(19(20)3-5-21(23)26(28)29)33-34(30,24-7-8-24)25-9-10-25/h3,5,11-13,15,22,27H,1-2,4,6-10,14H2/t22-/m0/s1. The summed E-state index contributed by atoms with van der Waals surface area (Å²) in [6, 6.07) is 7.62. The summed E-state index contributed by atoms with van der Waals surface area (Å²) in [5.74, 6) is 1.33. The SMILES string of the molecule is O=[N+]([O-])c1ccc2c(c1Oc1cc(O)cc(OCC3CC3)c1)CC[C@@H]2OP(=O)(N1CC1)N1CC1. The van der Waals surface area contributed by atoms with Gasteiger partial charge in [-0.05, 0) is 43.2 Å². The maximum absolute atomic E-state index is 13.5. The number of nitro benzene ring substituents is 1. The zero-order chi connectivity index (χ0) is 23.4. The van der Waals surface area contributed by atoms with Crippen molar-refractivity contribution in [2.75, 3.05) is 32.8 Å². The molecule has 10 nitrogen and oxygen atoms in total. The first-order chi connectivity index (χ1) is 16.4. The highest BCUT2D eigenvalue weighted by Crippen LogP contribution is 2.64. The Balaban J connectivity index is 1.30. The van der Waals surface area contributed by atoms with Gasteiger partial charge in [0.25, 0.3) is 0 Å². The summed E-state index contributed by atoms with van der Waals surface area (Å²) in [4.78, 5) is 11.3. The normalized spacial score (nSPS) is 21.8. The van der Waals surface area contributed by atoms with Gasteiger partial charge in [0, 0.05) is 56.0 Å². The second kappa shape index (κ2) is 8.23. The van der Waals surface area contributed by atoms with Crippen molar-refractivity contribution in [2.45, 2.75) is 31.8 Å². The second-order valence-corrected chi connectivity index (χ2v) is 11.6. The molecule has 0 aromatic heterocycles. The van der Waals surface area contributed by atoms with E-state index in [1.54, 1.807) is 12.1 Å². The number of nitro groups is 1. The van der Waals surface area contributed by atoms with Crippen LogP contribution in [0.4, 0.5) is 5.69 Å². The third-order valence-electron chi connectivity index (χ3n) is 6.57. The minimum atomic E-state index is -3.04. The van der Waals surface area contributed by atoms with Crippen molar-refractivity contribution in [1.29, 1.82) is 0 Å². The number of benzene rings is 2. The van der Waals surface area contributed by atoms with Crippen molar-refractivity contribution in [3.63, 3.8) is 0 Å². The maximum Gasteiger partial charge on any atom is 0.346 e. The highest BCUT2D eigenvalue weighted by molar-refractivity contribution is 7.54. The Morgan fingerprint density at radius 1 is 1.06 bits per heavy atom. The lowest BCUT2D eigenvalue weighted by Crippen LogP contribution is -2.11. The number of hydrogen-bond donors (Lipinski definition) is 1. The Morgan fingerprint density at radius 3 is 2.41 bits per heavy atom. The molecule has 2 aromatic rings. The Bertz CT molecular complexity index is 1180. The predicted molar refractivity (Wildman–Crippen MR) is 122 cm³/mol. The highest BCUT2D eigenvalue weighted by Gasteiger charge is 2.51. The third kappa shape index (κ3) is 4.27. The summed E-state index contributed by atoms with van der Waals surface area (Å²) in [5, 5.41) is 22.0. The van der Waals surface area contributed by atoms with Crippen molar-refractivity contribution in [1.82, 2.24) is 9.34 Å². The highest BCUT2D eigenvalue weighted by atomic mass is 31.2. The van der Waals surface area contributed by atoms with Gasteiger partial charge in [0.15, 0.2) is 0 Å². The number of nitrogens with zero attached hydrogens (tertiary/aromatic N) is 3. The van der Waals surface area contributed by atoms with Gasteiger partial charge in [0.1, 0.15) is 17.2 Å². The summed E-state index contributed by atoms with van der Waals surface area (Å²) < 4.78 is 35.2. The van der Waals surface area contributed by atoms with Gasteiger partial charge in [0.2, 0.25) is 5.75 Å². The lowest BCUT2D eigenvalue weighted by atomic mass is 10.1. The van der Waals surface area contributed by atoms with Crippen LogP contribution in [0.15, 0.2) is 30.3 Å². The van der Waals surface area contributed by atoms with Crippen molar-refractivity contribution >= 4 is 13.4 Å². The molecule has 34 heavy (non-hydrogen) atoms. The molecule has 4 aliphatic rings. The smallest absolute Gasteiger partial charge is 0.346 e. The fraction of sp³-hybridized carbons (Fsp3) is 0.478. The first kappa shape index (κ1) is 21.9. The van der Waals surface area contributed by atoms with E-state index in [4.69, 9.17) is 14.0 Å². The van der Waals surface area contributed by atoms with Crippen LogP contribution in [0.2, 0.25) is 0 Å². The van der Waals surface area contributed by atoms with E-state index in [0.717, 1.165) is 44.6 Å². The number of rotatable bonds is 10. The molecule has 0 unspecified atom stereocenters. The van der Waals surface area contributed by atoms with Gasteiger partial charge in [-0.3, -0.25) is 19.2 Å². The molecule has 11 heteroatoms. The number of ether oxygens (including phenoxy) is 2. The predicted octanol–water partition coefficient (Wildman–Crippen LogP) is 4.62. The lowest BCUT2D eigenvalue weighted by molar-refractivity contribution is -0.385. The van der Waals surface area contributed by atoms with E-state index in [9.17, 15) is 19.8 Å². The Kier molecular flexibility index (Phi) is 5.29. The molecule has 2 heterocycles. The Morgan fingerprint density at radius 2 is 1.76 bits per heavy atom. The second-order valence-electron chi connectivity index (χ2n) is 9.29. The molecule has 1 atom stereocenters. The van der Waals surface area contributed by atoms with E-state index >= 15 is 0 Å². The quantitative estimate of drug-likeness (QED) is 0.222. The molecule has 2 saturated heterocycles. The van der Waals surface area contributed by atoms with E-state index in [1.165, 1.54) is 18.2 Å². The number of fused-ring (bicyclic) bond motifs is 1. The van der Waals surface area contributed by atoms with E-state index < -0.39 is 18.7 Å². The van der Waals surface area contributed by atoms with E-state index in [2.05, 4.69) is 0 Å². The fourth-order valence-corrected chi connectivity index (χ4v) is 6.74. The van der Waals surface area contributed by atoms with E-state index in [0.29, 0.717) is 36.7 Å². The summed E-state index contributed by atoms with van der Waals surface area (Å²) in [7, 11) is -3.04. The van der Waals surface area contributed by atoms with Crippen LogP contribution < -0.4 is 9.47 Å². The molecule has 2 aliphatic carbocycles. The van der Waals surface area contributed by atoms with Crippen LogP contribution in [-0.4, -0.2) is 52.2 Å². The van der Waals surface area contributed by atoms with Gasteiger partial charge >= 0.3 is 13.4 Å². The van der Waals surface area contributed by atoms with Crippen LogP contribution in [0.1, 0.15) is 36.5 Å². The van der Waals surface area contributed by atoms with Crippen LogP contribution in [0.3, 0.4) is 0 Å². The fourth-order valence-electron chi connectivity index (χ4n) is 4.38. The lowest BCUT2D eigenvalue weighted by Gasteiger charge is -2.24. The summed E-state index contributed by atoms with van der Waals surface area (Å²) >= 11 is 0. The molecular formula is C23H26N3O7P. The van der Waals surface area contributed by atoms with Gasteiger partial charge in [-0.1, -0.05) is 0 Å². The van der Waals surface area contributed by atoms with Crippen molar-refractivity contribution in [2.24, 2.45) is 5.92 Å². The van der Waals surface area contributed by atoms with Gasteiger partial charge in [-0.15, -0.1) is 0 Å². The first-order valence-corrected chi connectivity index (χ1v) is 13.2. The molecule has 6 rings (SSSR count). The van der Waals surface area contributed by atoms with Crippen LogP contribution in [-0.2, 0) is 15.5 Å². The Hall–Kier alpha value is -2.65. The first-order valence-electron chi connectivity index (χ1n) is 11.6. The molecule has 3 fully saturated rings. The monoisotopic (exact) mass is 487 g/mol. The van der Waals surface area contributed by atoms with E-state index in [-0.39, 0.29) is 22.9 Å². The molecule has 0 amide bonds. The topological polar surface area (TPSA) is 114 Å². The van der Waals surface area contributed by atoms with Crippen LogP contribution in [0.5, 0.6) is 23.0 Å². The molecular weight excluding hydrogens is 461 g/mol. The summed E-state index contributed by atoms with van der Waals surface area (Å²) in [6.07, 6.45) is 2.91. The summed E-state index contributed by atoms with van der Waals surface area (Å²) in [6.45, 7) is 3.58. The number of aromatic hydroxyl groups is 1. The van der Waals surface area contributed by atoms with Crippen molar-refractivity contribution in [3.05, 3.63) is 51.6 Å². The molecule has 0 bridgehead atoms. The van der Waals surface area contributed by atoms with Gasteiger partial charge in [-0.2, -0.15) is 0 Å². The number of phenols is 1. The van der Waals surface area contributed by atoms with Crippen LogP contribution >= 0.6 is 7.67 Å². The molecule has 0 spiro atoms. The summed E-state index contributed by atoms with van der Waals surface area (Å²) in [5.41, 5.74) is 1.27. The van der Waals surface area contributed by atoms with Crippen LogP contribution in [0.25, 0.3) is 0 Å². The van der Waals surface area contributed by atoms with Crippen molar-refractivity contribution in [3.8, 4) is 23.0 Å². The molecule has 2 aromatic carbocycles. The molecule has 0 radical (unpaired) electrons. The molecule has 1 N–H and O–H groups in total. The minimum Gasteiger partial charge on any atom is -0.508 e. The minimum absolute atomic E-state index is 0.0439. The molecule has 2 aliphatic heterocycles. The van der Waals surface area contributed by atoms with Gasteiger partial charge < -0.3 is 14.6 Å². The number of hydrogen-bond acceptors (Lipinski definition) is 7. The maximum atomic E-state index is 13.5. The van der Waals surface area contributed by atoms with Gasteiger partial charge in [-0.25, -0.2) is 9.34 Å². The van der Waals surface area contributed by atoms with Crippen molar-refractivity contribution < 1.29 is 28.6 Å². The van der Waals surface area contributed by atoms with Gasteiger partial charge in [0.05, 0.1) is 17.6 Å². The average molecular weight is 487 g/mol.